The number of carbonyl (C=O) groups excluding carboxylic acids is 2. The quantitative estimate of drug-likeness (QED) is 0.424. The first kappa shape index (κ1) is 24.6. The Morgan fingerprint density at radius 1 is 0.706 bits per heavy atom. The number of nitrogens with one attached hydrogen (secondary N) is 2. The number of ether oxygens (including phenoxy) is 1. The minimum absolute atomic E-state index is 0.0609. The van der Waals surface area contributed by atoms with Crippen LogP contribution in [0.1, 0.15) is 31.8 Å². The lowest BCUT2D eigenvalue weighted by Gasteiger charge is -2.16. The summed E-state index contributed by atoms with van der Waals surface area (Å²) in [4.78, 5) is 25.4. The lowest BCUT2D eigenvalue weighted by atomic mass is 10.1. The lowest BCUT2D eigenvalue weighted by Crippen LogP contribution is -2.19. The van der Waals surface area contributed by atoms with Gasteiger partial charge in [-0.1, -0.05) is 24.3 Å². The van der Waals surface area contributed by atoms with Gasteiger partial charge in [-0.05, 0) is 42.5 Å². The molecule has 0 aliphatic rings. The molecule has 178 valence electrons. The van der Waals surface area contributed by atoms with Gasteiger partial charge in [0.2, 0.25) is 0 Å². The van der Waals surface area contributed by atoms with Crippen LogP contribution in [-0.4, -0.2) is 18.9 Å². The molecule has 2 amide bonds. The van der Waals surface area contributed by atoms with Crippen LogP contribution in [0.2, 0.25) is 0 Å². The van der Waals surface area contributed by atoms with Crippen LogP contribution in [0.5, 0.6) is 5.75 Å². The zero-order chi connectivity index (χ0) is 25.1. The van der Waals surface area contributed by atoms with Crippen LogP contribution in [0.4, 0.5) is 37.7 Å². The molecule has 0 atom stereocenters. The molecule has 0 aliphatic carbocycles. The van der Waals surface area contributed by atoms with Gasteiger partial charge in [-0.15, -0.1) is 0 Å². The van der Waals surface area contributed by atoms with Crippen molar-refractivity contribution in [3.8, 4) is 5.75 Å². The van der Waals surface area contributed by atoms with E-state index in [0.29, 0.717) is 0 Å². The molecule has 2 N–H and O–H groups in total. The highest BCUT2D eigenvalue weighted by Crippen LogP contribution is 2.36. The van der Waals surface area contributed by atoms with Crippen LogP contribution in [-0.2, 0) is 12.4 Å². The Bertz CT molecular complexity index is 1220. The highest BCUT2D eigenvalue weighted by atomic mass is 19.4. The van der Waals surface area contributed by atoms with E-state index in [1.54, 1.807) is 0 Å². The number of benzene rings is 3. The van der Waals surface area contributed by atoms with Crippen LogP contribution in [0.15, 0.2) is 66.7 Å². The molecule has 3 aromatic carbocycles. The molecule has 5 nitrogen and oxygen atoms in total. The summed E-state index contributed by atoms with van der Waals surface area (Å²) in [6.45, 7) is 0. The summed E-state index contributed by atoms with van der Waals surface area (Å²) in [5, 5.41) is 4.27. The smallest absolute Gasteiger partial charge is 0.418 e. The number of rotatable bonds is 5. The molecule has 0 saturated carbocycles. The van der Waals surface area contributed by atoms with Gasteiger partial charge >= 0.3 is 12.4 Å². The number of amides is 2. The summed E-state index contributed by atoms with van der Waals surface area (Å²) in [6.07, 6.45) is -9.46. The standard InChI is InChI=1S/C23H16F6N2O3/c1-34-19-11-10-13(20(32)30-17-8-4-2-6-15(17)22(24,25)26)12-14(19)21(33)31-18-9-5-3-7-16(18)23(27,28)29/h2-12H,1H3,(H,30,32)(H,31,33). The topological polar surface area (TPSA) is 67.4 Å². The number of carbonyl (C=O) groups is 2. The van der Waals surface area contributed by atoms with Gasteiger partial charge in [0, 0.05) is 5.56 Å². The fourth-order valence-electron chi connectivity index (χ4n) is 3.09. The molecule has 0 spiro atoms. The lowest BCUT2D eigenvalue weighted by molar-refractivity contribution is -0.137. The average Bonchev–Trinajstić information content (AvgIpc) is 2.78. The van der Waals surface area contributed by atoms with Crippen molar-refractivity contribution in [1.82, 2.24) is 0 Å². The van der Waals surface area contributed by atoms with E-state index in [0.717, 1.165) is 42.5 Å². The Morgan fingerprint density at radius 2 is 1.18 bits per heavy atom. The first-order valence-electron chi connectivity index (χ1n) is 9.55. The predicted octanol–water partition coefficient (Wildman–Crippen LogP) is 6.24. The van der Waals surface area contributed by atoms with E-state index < -0.39 is 46.7 Å². The van der Waals surface area contributed by atoms with Gasteiger partial charge in [-0.25, -0.2) is 0 Å². The summed E-state index contributed by atoms with van der Waals surface area (Å²) in [6, 6.07) is 12.0. The Labute approximate surface area is 189 Å². The van der Waals surface area contributed by atoms with Gasteiger partial charge in [0.05, 0.1) is 35.2 Å². The highest BCUT2D eigenvalue weighted by Gasteiger charge is 2.35. The Hall–Kier alpha value is -4.02. The molecule has 0 unspecified atom stereocenters. The van der Waals surface area contributed by atoms with Crippen LogP contribution in [0.3, 0.4) is 0 Å². The SMILES string of the molecule is COc1ccc(C(=O)Nc2ccccc2C(F)(F)F)cc1C(=O)Nc1ccccc1C(F)(F)F. The molecule has 11 heteroatoms. The zero-order valence-electron chi connectivity index (χ0n) is 17.3. The number of alkyl halides is 6. The minimum atomic E-state index is -4.73. The minimum Gasteiger partial charge on any atom is -0.496 e. The molecule has 0 radical (unpaired) electrons. The van der Waals surface area contributed by atoms with Crippen molar-refractivity contribution in [2.24, 2.45) is 0 Å². The molecule has 0 fully saturated rings. The van der Waals surface area contributed by atoms with Gasteiger partial charge in [0.25, 0.3) is 11.8 Å². The fraction of sp³-hybridized carbons (Fsp3) is 0.130. The first-order chi connectivity index (χ1) is 15.9. The molecule has 0 heterocycles. The summed E-state index contributed by atoms with van der Waals surface area (Å²) in [7, 11) is 1.20. The summed E-state index contributed by atoms with van der Waals surface area (Å²) in [5.41, 5.74) is -3.68. The van der Waals surface area contributed by atoms with Gasteiger partial charge < -0.3 is 15.4 Å². The number of methoxy groups -OCH3 is 1. The average molecular weight is 482 g/mol. The number of anilines is 2. The maximum Gasteiger partial charge on any atom is 0.418 e. The van der Waals surface area contributed by atoms with Crippen molar-refractivity contribution in [1.29, 1.82) is 0 Å². The summed E-state index contributed by atoms with van der Waals surface area (Å²) in [5.74, 6) is -2.04. The normalized spacial score (nSPS) is 11.6. The van der Waals surface area contributed by atoms with Crippen molar-refractivity contribution in [2.75, 3.05) is 17.7 Å². The first-order valence-corrected chi connectivity index (χ1v) is 9.55. The molecule has 3 aromatic rings. The molecule has 0 saturated heterocycles. The van der Waals surface area contributed by atoms with E-state index in [9.17, 15) is 35.9 Å². The molecule has 0 aromatic heterocycles. The van der Waals surface area contributed by atoms with Gasteiger partial charge in [0.15, 0.2) is 0 Å². The number of para-hydroxylation sites is 2. The van der Waals surface area contributed by atoms with E-state index >= 15 is 0 Å². The van der Waals surface area contributed by atoms with Gasteiger partial charge in [0.1, 0.15) is 5.75 Å². The van der Waals surface area contributed by atoms with Crippen molar-refractivity contribution in [3.63, 3.8) is 0 Å². The summed E-state index contributed by atoms with van der Waals surface area (Å²) >= 11 is 0. The molecule has 0 aliphatic heterocycles. The summed E-state index contributed by atoms with van der Waals surface area (Å²) < 4.78 is 84.3. The van der Waals surface area contributed by atoms with Crippen LogP contribution >= 0.6 is 0 Å². The van der Waals surface area contributed by atoms with Crippen LogP contribution in [0.25, 0.3) is 0 Å². The second kappa shape index (κ2) is 9.46. The molecule has 34 heavy (non-hydrogen) atoms. The number of hydrogen-bond donors (Lipinski definition) is 2. The van der Waals surface area contributed by atoms with Gasteiger partial charge in [-0.3, -0.25) is 9.59 Å². The fourth-order valence-corrected chi connectivity index (χ4v) is 3.09. The van der Waals surface area contributed by atoms with Crippen molar-refractivity contribution in [3.05, 3.63) is 89.0 Å². The van der Waals surface area contributed by atoms with Crippen molar-refractivity contribution >= 4 is 23.2 Å². The molecular formula is C23H16F6N2O3. The van der Waals surface area contributed by atoms with E-state index in [1.807, 2.05) is 0 Å². The van der Waals surface area contributed by atoms with Crippen molar-refractivity contribution in [2.45, 2.75) is 12.4 Å². The van der Waals surface area contributed by atoms with E-state index in [1.165, 1.54) is 31.4 Å². The second-order valence-corrected chi connectivity index (χ2v) is 6.91. The number of hydrogen-bond acceptors (Lipinski definition) is 3. The van der Waals surface area contributed by atoms with Crippen molar-refractivity contribution < 1.29 is 40.7 Å². The highest BCUT2D eigenvalue weighted by molar-refractivity contribution is 6.10. The van der Waals surface area contributed by atoms with E-state index in [4.69, 9.17) is 4.74 Å². The molecule has 3 rings (SSSR count). The molecule has 0 bridgehead atoms. The third-order valence-corrected chi connectivity index (χ3v) is 4.67. The molecular weight excluding hydrogens is 466 g/mol. The Balaban J connectivity index is 1.92. The van der Waals surface area contributed by atoms with E-state index in [2.05, 4.69) is 10.6 Å². The second-order valence-electron chi connectivity index (χ2n) is 6.91. The maximum absolute atomic E-state index is 13.2. The monoisotopic (exact) mass is 482 g/mol. The largest absolute Gasteiger partial charge is 0.496 e. The van der Waals surface area contributed by atoms with Crippen LogP contribution in [0, 0.1) is 0 Å². The Morgan fingerprint density at radius 3 is 1.65 bits per heavy atom. The third kappa shape index (κ3) is 5.48. The number of halogens is 6. The third-order valence-electron chi connectivity index (χ3n) is 4.67. The maximum atomic E-state index is 13.2. The Kier molecular flexibility index (Phi) is 6.85. The predicted molar refractivity (Wildman–Crippen MR) is 112 cm³/mol. The van der Waals surface area contributed by atoms with Gasteiger partial charge in [-0.2, -0.15) is 26.3 Å². The zero-order valence-corrected chi connectivity index (χ0v) is 17.3. The van der Waals surface area contributed by atoms with Crippen LogP contribution < -0.4 is 15.4 Å². The van der Waals surface area contributed by atoms with E-state index in [-0.39, 0.29) is 16.9 Å².